The summed E-state index contributed by atoms with van der Waals surface area (Å²) in [7, 11) is 0. The average molecular weight is 375 g/mol. The molecule has 4 rings (SSSR count). The van der Waals surface area contributed by atoms with E-state index >= 15 is 0 Å². The number of para-hydroxylation sites is 1. The zero-order valence-electron chi connectivity index (χ0n) is 15.3. The van der Waals surface area contributed by atoms with E-state index in [1.807, 2.05) is 44.2 Å². The molecule has 1 aromatic heterocycles. The van der Waals surface area contributed by atoms with Crippen LogP contribution in [0.3, 0.4) is 0 Å². The van der Waals surface area contributed by atoms with Gasteiger partial charge in [-0.15, -0.1) is 0 Å². The lowest BCUT2D eigenvalue weighted by Gasteiger charge is -2.11. The number of carbonyl (C=O) groups is 3. The van der Waals surface area contributed by atoms with Crippen molar-refractivity contribution in [3.05, 3.63) is 83.2 Å². The van der Waals surface area contributed by atoms with E-state index in [-0.39, 0.29) is 22.7 Å². The molecule has 2 heterocycles. The largest absolute Gasteiger partial charge is 0.384 e. The molecule has 0 atom stereocenters. The predicted octanol–water partition coefficient (Wildman–Crippen LogP) is 3.36. The summed E-state index contributed by atoms with van der Waals surface area (Å²) in [6.07, 6.45) is 0. The standard InChI is InChI=1S/C21H17N3O4/c1-13(2)18-12-17(22-23(18)14-8-4-3-5-9-14)21(27)28-24-19(25)15-10-6-7-11-16(15)20(24)26/h3-13H,1-2H3. The van der Waals surface area contributed by atoms with Gasteiger partial charge in [-0.05, 0) is 36.2 Å². The minimum atomic E-state index is -0.869. The van der Waals surface area contributed by atoms with Gasteiger partial charge < -0.3 is 4.84 Å². The van der Waals surface area contributed by atoms with Crippen LogP contribution in [0, 0.1) is 0 Å². The molecule has 0 unspecified atom stereocenters. The normalized spacial score (nSPS) is 13.2. The van der Waals surface area contributed by atoms with E-state index in [1.165, 1.54) is 12.1 Å². The second kappa shape index (κ2) is 6.77. The quantitative estimate of drug-likeness (QED) is 0.653. The third-order valence-corrected chi connectivity index (χ3v) is 4.47. The summed E-state index contributed by atoms with van der Waals surface area (Å²) in [5, 5.41) is 4.83. The number of hydrogen-bond acceptors (Lipinski definition) is 5. The van der Waals surface area contributed by atoms with Crippen molar-refractivity contribution >= 4 is 17.8 Å². The molecule has 0 saturated heterocycles. The van der Waals surface area contributed by atoms with E-state index in [9.17, 15) is 14.4 Å². The topological polar surface area (TPSA) is 81.5 Å². The van der Waals surface area contributed by atoms with Gasteiger partial charge in [-0.1, -0.05) is 49.2 Å². The van der Waals surface area contributed by atoms with Gasteiger partial charge in [0.1, 0.15) is 0 Å². The molecule has 0 radical (unpaired) electrons. The predicted molar refractivity (Wildman–Crippen MR) is 100 cm³/mol. The highest BCUT2D eigenvalue weighted by Crippen LogP contribution is 2.25. The SMILES string of the molecule is CC(C)c1cc(C(=O)ON2C(=O)c3ccccc3C2=O)nn1-c1ccccc1. The van der Waals surface area contributed by atoms with E-state index in [1.54, 1.807) is 22.9 Å². The summed E-state index contributed by atoms with van der Waals surface area (Å²) < 4.78 is 1.66. The van der Waals surface area contributed by atoms with Gasteiger partial charge in [-0.3, -0.25) is 9.59 Å². The molecular weight excluding hydrogens is 358 g/mol. The van der Waals surface area contributed by atoms with E-state index in [4.69, 9.17) is 4.84 Å². The summed E-state index contributed by atoms with van der Waals surface area (Å²) in [4.78, 5) is 42.5. The summed E-state index contributed by atoms with van der Waals surface area (Å²) in [5.41, 5.74) is 2.03. The lowest BCUT2D eigenvalue weighted by molar-refractivity contribution is -0.0588. The Kier molecular flexibility index (Phi) is 4.27. The number of aromatic nitrogens is 2. The molecule has 0 spiro atoms. The molecule has 1 aliphatic heterocycles. The Bertz CT molecular complexity index is 1050. The average Bonchev–Trinajstić information content (AvgIpc) is 3.26. The molecule has 0 fully saturated rings. The van der Waals surface area contributed by atoms with Gasteiger partial charge in [-0.25, -0.2) is 9.48 Å². The lowest BCUT2D eigenvalue weighted by Crippen LogP contribution is -2.32. The van der Waals surface area contributed by atoms with Crippen LogP contribution in [-0.2, 0) is 4.84 Å². The van der Waals surface area contributed by atoms with Gasteiger partial charge in [-0.2, -0.15) is 5.10 Å². The third kappa shape index (κ3) is 2.87. The Hall–Kier alpha value is -3.74. The first-order chi connectivity index (χ1) is 13.5. The number of hydrogen-bond donors (Lipinski definition) is 0. The number of amides is 2. The van der Waals surface area contributed by atoms with Gasteiger partial charge in [0.05, 0.1) is 16.8 Å². The van der Waals surface area contributed by atoms with E-state index in [0.29, 0.717) is 5.06 Å². The van der Waals surface area contributed by atoms with Gasteiger partial charge in [0.15, 0.2) is 5.69 Å². The highest BCUT2D eigenvalue weighted by molar-refractivity contribution is 6.21. The van der Waals surface area contributed by atoms with Crippen LogP contribution < -0.4 is 0 Å². The Labute approximate surface area is 161 Å². The van der Waals surface area contributed by atoms with Gasteiger partial charge in [0, 0.05) is 5.69 Å². The van der Waals surface area contributed by atoms with Crippen molar-refractivity contribution in [2.45, 2.75) is 19.8 Å². The van der Waals surface area contributed by atoms with Crippen molar-refractivity contribution in [2.24, 2.45) is 0 Å². The van der Waals surface area contributed by atoms with Crippen LogP contribution in [0.2, 0.25) is 0 Å². The fraction of sp³-hybridized carbons (Fsp3) is 0.143. The maximum Gasteiger partial charge on any atom is 0.384 e. The maximum absolute atomic E-state index is 12.6. The fourth-order valence-electron chi connectivity index (χ4n) is 3.06. The lowest BCUT2D eigenvalue weighted by atomic mass is 10.1. The molecule has 7 nitrogen and oxygen atoms in total. The number of rotatable bonds is 4. The minimum absolute atomic E-state index is 0.0177. The Balaban J connectivity index is 1.63. The Morgan fingerprint density at radius 3 is 2.07 bits per heavy atom. The second-order valence-electron chi connectivity index (χ2n) is 6.69. The van der Waals surface area contributed by atoms with Crippen molar-refractivity contribution in [1.82, 2.24) is 14.8 Å². The fourth-order valence-corrected chi connectivity index (χ4v) is 3.06. The molecule has 0 N–H and O–H groups in total. The number of fused-ring (bicyclic) bond motifs is 1. The van der Waals surface area contributed by atoms with Gasteiger partial charge >= 0.3 is 5.97 Å². The van der Waals surface area contributed by atoms with Crippen molar-refractivity contribution in [3.8, 4) is 5.69 Å². The number of benzene rings is 2. The molecule has 7 heteroatoms. The van der Waals surface area contributed by atoms with Crippen LogP contribution in [0.1, 0.15) is 56.7 Å². The number of carbonyl (C=O) groups excluding carboxylic acids is 3. The van der Waals surface area contributed by atoms with Crippen molar-refractivity contribution in [2.75, 3.05) is 0 Å². The molecule has 3 aromatic rings. The van der Waals surface area contributed by atoms with Crippen LogP contribution in [0.4, 0.5) is 0 Å². The van der Waals surface area contributed by atoms with Gasteiger partial charge in [0.25, 0.3) is 11.8 Å². The summed E-state index contributed by atoms with van der Waals surface area (Å²) >= 11 is 0. The smallest absolute Gasteiger partial charge is 0.322 e. The van der Waals surface area contributed by atoms with E-state index in [2.05, 4.69) is 5.10 Å². The summed E-state index contributed by atoms with van der Waals surface area (Å²) in [6, 6.07) is 17.3. The van der Waals surface area contributed by atoms with Crippen molar-refractivity contribution in [1.29, 1.82) is 0 Å². The monoisotopic (exact) mass is 375 g/mol. The van der Waals surface area contributed by atoms with E-state index in [0.717, 1.165) is 11.4 Å². The van der Waals surface area contributed by atoms with Gasteiger partial charge in [0.2, 0.25) is 0 Å². The van der Waals surface area contributed by atoms with Crippen molar-refractivity contribution < 1.29 is 19.2 Å². The first-order valence-corrected chi connectivity index (χ1v) is 8.83. The van der Waals surface area contributed by atoms with Crippen LogP contribution in [0.5, 0.6) is 0 Å². The molecule has 140 valence electrons. The molecule has 0 aliphatic carbocycles. The Morgan fingerprint density at radius 1 is 0.929 bits per heavy atom. The first kappa shape index (κ1) is 17.7. The second-order valence-corrected chi connectivity index (χ2v) is 6.69. The minimum Gasteiger partial charge on any atom is -0.322 e. The van der Waals surface area contributed by atoms with Crippen LogP contribution in [0.15, 0.2) is 60.7 Å². The summed E-state index contributed by atoms with van der Waals surface area (Å²) in [5.74, 6) is -2.11. The zero-order chi connectivity index (χ0) is 19.8. The maximum atomic E-state index is 12.6. The van der Waals surface area contributed by atoms with Crippen LogP contribution >= 0.6 is 0 Å². The highest BCUT2D eigenvalue weighted by Gasteiger charge is 2.39. The molecule has 0 bridgehead atoms. The van der Waals surface area contributed by atoms with E-state index < -0.39 is 17.8 Å². The summed E-state index contributed by atoms with van der Waals surface area (Å²) in [6.45, 7) is 3.96. The molecule has 2 aromatic carbocycles. The third-order valence-electron chi connectivity index (χ3n) is 4.47. The molecule has 2 amide bonds. The number of hydroxylamine groups is 2. The molecule has 1 aliphatic rings. The first-order valence-electron chi connectivity index (χ1n) is 8.83. The van der Waals surface area contributed by atoms with Crippen LogP contribution in [-0.4, -0.2) is 32.6 Å². The molecule has 28 heavy (non-hydrogen) atoms. The number of imide groups is 1. The molecule has 0 saturated carbocycles. The van der Waals surface area contributed by atoms with Crippen LogP contribution in [0.25, 0.3) is 5.69 Å². The van der Waals surface area contributed by atoms with Crippen molar-refractivity contribution in [3.63, 3.8) is 0 Å². The molecular formula is C21H17N3O4. The zero-order valence-corrected chi connectivity index (χ0v) is 15.3. The highest BCUT2D eigenvalue weighted by atomic mass is 16.7. The number of nitrogens with zero attached hydrogens (tertiary/aromatic N) is 3. The Morgan fingerprint density at radius 2 is 1.50 bits per heavy atom.